The summed E-state index contributed by atoms with van der Waals surface area (Å²) in [5, 5.41) is 9.28. The van der Waals surface area contributed by atoms with E-state index in [2.05, 4.69) is 0 Å². The van der Waals surface area contributed by atoms with Gasteiger partial charge in [-0.2, -0.15) is 0 Å². The largest absolute Gasteiger partial charge is 0.393 e. The van der Waals surface area contributed by atoms with Gasteiger partial charge in [0, 0.05) is 18.6 Å². The van der Waals surface area contributed by atoms with Crippen LogP contribution in [0.15, 0.2) is 0 Å². The second kappa shape index (κ2) is 2.88. The molecule has 2 saturated carbocycles. The zero-order valence-corrected chi connectivity index (χ0v) is 7.61. The Labute approximate surface area is 74.1 Å². The molecular formula is C8H14OV. The first-order valence-electron chi connectivity index (χ1n) is 3.99. The van der Waals surface area contributed by atoms with Crippen molar-refractivity contribution < 1.29 is 23.7 Å². The maximum absolute atomic E-state index is 9.28. The summed E-state index contributed by atoms with van der Waals surface area (Å²) in [6.45, 7) is 0. The van der Waals surface area contributed by atoms with Gasteiger partial charge in [0.05, 0.1) is 6.10 Å². The Balaban J connectivity index is 0.000000500. The molecule has 1 N–H and O–H groups in total. The molecule has 2 aliphatic rings. The third kappa shape index (κ3) is 1.58. The van der Waals surface area contributed by atoms with E-state index in [1.807, 2.05) is 0 Å². The van der Waals surface area contributed by atoms with Crippen molar-refractivity contribution in [2.75, 3.05) is 0 Å². The van der Waals surface area contributed by atoms with Crippen molar-refractivity contribution in [1.29, 1.82) is 0 Å². The third-order valence-electron chi connectivity index (χ3n) is 2.87. The van der Waals surface area contributed by atoms with Crippen LogP contribution in [0.4, 0.5) is 0 Å². The number of hydrogen-bond donors (Lipinski definition) is 1. The summed E-state index contributed by atoms with van der Waals surface area (Å²) >= 11 is 0. The molecule has 0 bridgehead atoms. The van der Waals surface area contributed by atoms with Crippen LogP contribution in [-0.2, 0) is 18.6 Å². The molecule has 0 saturated heterocycles. The van der Waals surface area contributed by atoms with Gasteiger partial charge in [-0.25, -0.2) is 0 Å². The average Bonchev–Trinajstić information content (AvgIpc) is 2.49. The Morgan fingerprint density at radius 2 is 1.90 bits per heavy atom. The quantitative estimate of drug-likeness (QED) is 0.597. The van der Waals surface area contributed by atoms with Crippen LogP contribution in [-0.4, -0.2) is 11.2 Å². The second-order valence-electron chi connectivity index (χ2n) is 3.75. The molecule has 0 aromatic rings. The Hall–Kier alpha value is 0.544. The Morgan fingerprint density at radius 3 is 2.30 bits per heavy atom. The van der Waals surface area contributed by atoms with Crippen molar-refractivity contribution in [3.05, 3.63) is 0 Å². The summed E-state index contributed by atoms with van der Waals surface area (Å²) in [7, 11) is 0. The number of aliphatic hydroxyl groups excluding tert-OH is 1. The number of hydrogen-bond acceptors (Lipinski definition) is 1. The smallest absolute Gasteiger partial charge is 0.0545 e. The van der Waals surface area contributed by atoms with E-state index in [9.17, 15) is 5.11 Å². The van der Waals surface area contributed by atoms with Crippen LogP contribution in [0.1, 0.15) is 38.5 Å². The molecule has 0 aromatic carbocycles. The van der Waals surface area contributed by atoms with Gasteiger partial charge in [0.2, 0.25) is 0 Å². The van der Waals surface area contributed by atoms with E-state index in [0.717, 1.165) is 12.8 Å². The van der Waals surface area contributed by atoms with Crippen LogP contribution in [0.3, 0.4) is 0 Å². The SMILES string of the molecule is OC1CCCC2(CC2)C1.[V]. The van der Waals surface area contributed by atoms with Crippen LogP contribution in [0.5, 0.6) is 0 Å². The minimum Gasteiger partial charge on any atom is -0.393 e. The van der Waals surface area contributed by atoms with Crippen molar-refractivity contribution >= 4 is 0 Å². The summed E-state index contributed by atoms with van der Waals surface area (Å²) in [4.78, 5) is 0. The van der Waals surface area contributed by atoms with Crippen molar-refractivity contribution in [2.24, 2.45) is 5.41 Å². The van der Waals surface area contributed by atoms with Crippen molar-refractivity contribution in [2.45, 2.75) is 44.6 Å². The standard InChI is InChI=1S/C8H14O.V/c9-7-2-1-3-8(6-7)4-5-8;/h7,9H,1-6H2;. The average molecular weight is 177 g/mol. The maximum atomic E-state index is 9.28. The predicted molar refractivity (Wildman–Crippen MR) is 36.1 cm³/mol. The molecule has 1 radical (unpaired) electrons. The summed E-state index contributed by atoms with van der Waals surface area (Å²) < 4.78 is 0. The van der Waals surface area contributed by atoms with Gasteiger partial charge in [-0.3, -0.25) is 0 Å². The fourth-order valence-electron chi connectivity index (χ4n) is 2.05. The molecule has 2 rings (SSSR count). The minimum atomic E-state index is 0. The van der Waals surface area contributed by atoms with Gasteiger partial charge in [0.25, 0.3) is 0 Å². The van der Waals surface area contributed by atoms with Crippen molar-refractivity contribution in [1.82, 2.24) is 0 Å². The van der Waals surface area contributed by atoms with Crippen LogP contribution >= 0.6 is 0 Å². The van der Waals surface area contributed by atoms with E-state index in [0.29, 0.717) is 5.41 Å². The topological polar surface area (TPSA) is 20.2 Å². The fraction of sp³-hybridized carbons (Fsp3) is 1.00. The monoisotopic (exact) mass is 177 g/mol. The second-order valence-corrected chi connectivity index (χ2v) is 3.75. The minimum absolute atomic E-state index is 0. The Bertz CT molecular complexity index is 120. The first-order chi connectivity index (χ1) is 4.31. The van der Waals surface area contributed by atoms with Crippen molar-refractivity contribution in [3.8, 4) is 0 Å². The van der Waals surface area contributed by atoms with E-state index in [1.54, 1.807) is 0 Å². The zero-order chi connectivity index (χ0) is 6.32. The third-order valence-corrected chi connectivity index (χ3v) is 2.87. The van der Waals surface area contributed by atoms with Gasteiger partial charge < -0.3 is 5.11 Å². The predicted octanol–water partition coefficient (Wildman–Crippen LogP) is 1.70. The molecule has 57 valence electrons. The zero-order valence-electron chi connectivity index (χ0n) is 6.21. The molecule has 1 unspecified atom stereocenters. The van der Waals surface area contributed by atoms with E-state index in [4.69, 9.17) is 0 Å². The first kappa shape index (κ1) is 8.64. The molecule has 2 aliphatic carbocycles. The first-order valence-corrected chi connectivity index (χ1v) is 3.99. The van der Waals surface area contributed by atoms with E-state index < -0.39 is 0 Å². The molecule has 0 heterocycles. The number of aliphatic hydroxyl groups is 1. The van der Waals surface area contributed by atoms with Crippen LogP contribution < -0.4 is 0 Å². The Kier molecular flexibility index (Phi) is 2.49. The molecule has 0 aromatic heterocycles. The van der Waals surface area contributed by atoms with E-state index >= 15 is 0 Å². The van der Waals surface area contributed by atoms with Crippen LogP contribution in [0, 0.1) is 5.41 Å². The van der Waals surface area contributed by atoms with E-state index in [1.165, 1.54) is 25.7 Å². The van der Waals surface area contributed by atoms with Gasteiger partial charge in [-0.15, -0.1) is 0 Å². The van der Waals surface area contributed by atoms with Gasteiger partial charge in [0.15, 0.2) is 0 Å². The van der Waals surface area contributed by atoms with Crippen molar-refractivity contribution in [3.63, 3.8) is 0 Å². The van der Waals surface area contributed by atoms with Crippen LogP contribution in [0.25, 0.3) is 0 Å². The summed E-state index contributed by atoms with van der Waals surface area (Å²) in [5.41, 5.74) is 0.650. The molecule has 1 spiro atoms. The molecule has 0 aliphatic heterocycles. The number of rotatable bonds is 0. The van der Waals surface area contributed by atoms with E-state index in [-0.39, 0.29) is 24.7 Å². The molecular weight excluding hydrogens is 163 g/mol. The molecule has 1 nitrogen and oxygen atoms in total. The molecule has 2 fully saturated rings. The fourth-order valence-corrected chi connectivity index (χ4v) is 2.05. The Morgan fingerprint density at radius 1 is 1.20 bits per heavy atom. The maximum Gasteiger partial charge on any atom is 0.0545 e. The summed E-state index contributed by atoms with van der Waals surface area (Å²) in [6.07, 6.45) is 7.65. The molecule has 0 amide bonds. The van der Waals surface area contributed by atoms with Gasteiger partial charge in [-0.1, -0.05) is 6.42 Å². The molecule has 2 heteroatoms. The van der Waals surface area contributed by atoms with Gasteiger partial charge >= 0.3 is 0 Å². The van der Waals surface area contributed by atoms with Gasteiger partial charge in [-0.05, 0) is 37.5 Å². The normalized spacial score (nSPS) is 35.1. The molecule has 10 heavy (non-hydrogen) atoms. The van der Waals surface area contributed by atoms with Crippen LogP contribution in [0.2, 0.25) is 0 Å². The summed E-state index contributed by atoms with van der Waals surface area (Å²) in [5.74, 6) is 0. The molecule has 1 atom stereocenters. The summed E-state index contributed by atoms with van der Waals surface area (Å²) in [6, 6.07) is 0. The van der Waals surface area contributed by atoms with Gasteiger partial charge in [0.1, 0.15) is 0 Å².